The maximum Gasteiger partial charge on any atom is 0.338 e. The van der Waals surface area contributed by atoms with Gasteiger partial charge in [0.15, 0.2) is 0 Å². The van der Waals surface area contributed by atoms with Crippen LogP contribution in [0.15, 0.2) is 36.4 Å². The molecule has 0 heterocycles. The summed E-state index contributed by atoms with van der Waals surface area (Å²) in [7, 11) is 0. The smallest absolute Gasteiger partial charge is 0.338 e. The second kappa shape index (κ2) is 11.8. The molecule has 0 spiro atoms. The molecule has 0 fully saturated rings. The van der Waals surface area contributed by atoms with E-state index in [0.29, 0.717) is 17.9 Å². The van der Waals surface area contributed by atoms with E-state index in [1.807, 2.05) is 24.3 Å². The van der Waals surface area contributed by atoms with Crippen molar-refractivity contribution in [3.8, 4) is 0 Å². The number of nitrogens with zero attached hydrogens (tertiary/aromatic N) is 1. The van der Waals surface area contributed by atoms with E-state index in [4.69, 9.17) is 10.5 Å². The number of hydrogen-bond donors (Lipinski definition) is 1. The summed E-state index contributed by atoms with van der Waals surface area (Å²) in [5.41, 5.74) is 7.28. The van der Waals surface area contributed by atoms with Crippen molar-refractivity contribution in [3.63, 3.8) is 0 Å². The summed E-state index contributed by atoms with van der Waals surface area (Å²) in [6.45, 7) is 9.06. The molecule has 0 aromatic heterocycles. The zero-order valence-corrected chi connectivity index (χ0v) is 17.6. The average Bonchev–Trinajstić information content (AvgIpc) is 2.66. The van der Waals surface area contributed by atoms with Gasteiger partial charge in [-0.3, -0.25) is 4.90 Å². The van der Waals surface area contributed by atoms with Crippen molar-refractivity contribution < 1.29 is 9.53 Å². The standard InChI is InChI=1S/C22H32N2O2.ClH/c1-4-6-14-24(15-7-5-2)17(3)16-26-22(25)20-12-13-21(23)19-11-9-8-10-18(19)20;/h8-13,17H,4-7,14-16,23H2,1-3H3;1H. The van der Waals surface area contributed by atoms with Crippen LogP contribution in [-0.2, 0) is 4.74 Å². The van der Waals surface area contributed by atoms with Crippen molar-refractivity contribution in [2.24, 2.45) is 0 Å². The summed E-state index contributed by atoms with van der Waals surface area (Å²) in [5.74, 6) is -0.279. The zero-order chi connectivity index (χ0) is 18.9. The summed E-state index contributed by atoms with van der Waals surface area (Å²) in [6.07, 6.45) is 4.69. The Hall–Kier alpha value is -1.78. The molecule has 0 amide bonds. The molecule has 150 valence electrons. The summed E-state index contributed by atoms with van der Waals surface area (Å²) in [5, 5.41) is 1.74. The lowest BCUT2D eigenvalue weighted by Crippen LogP contribution is -2.38. The molecule has 2 aromatic carbocycles. The molecule has 2 N–H and O–H groups in total. The first-order valence-corrected chi connectivity index (χ1v) is 9.76. The third-order valence-corrected chi connectivity index (χ3v) is 4.85. The minimum atomic E-state index is -0.279. The Labute approximate surface area is 169 Å². The maximum atomic E-state index is 12.6. The van der Waals surface area contributed by atoms with Crippen LogP contribution in [-0.4, -0.2) is 36.6 Å². The SMILES string of the molecule is CCCCN(CCCC)C(C)COC(=O)c1ccc(N)c2ccccc12.Cl. The number of unbranched alkanes of at least 4 members (excludes halogenated alkanes) is 2. The molecule has 0 saturated heterocycles. The molecular formula is C22H33ClN2O2. The second-order valence-corrected chi connectivity index (χ2v) is 6.94. The lowest BCUT2D eigenvalue weighted by atomic mass is 10.0. The Morgan fingerprint density at radius 3 is 2.22 bits per heavy atom. The molecule has 0 saturated carbocycles. The van der Waals surface area contributed by atoms with Gasteiger partial charge in [0.25, 0.3) is 0 Å². The van der Waals surface area contributed by atoms with Crippen molar-refractivity contribution in [2.75, 3.05) is 25.4 Å². The number of carbonyl (C=O) groups is 1. The van der Waals surface area contributed by atoms with E-state index in [-0.39, 0.29) is 24.4 Å². The highest BCUT2D eigenvalue weighted by molar-refractivity contribution is 6.07. The predicted octanol–water partition coefficient (Wildman–Crippen LogP) is 5.29. The van der Waals surface area contributed by atoms with Crippen LogP contribution in [0.25, 0.3) is 10.8 Å². The van der Waals surface area contributed by atoms with Crippen molar-refractivity contribution >= 4 is 34.8 Å². The molecule has 0 aliphatic rings. The van der Waals surface area contributed by atoms with Gasteiger partial charge in [0, 0.05) is 17.1 Å². The summed E-state index contributed by atoms with van der Waals surface area (Å²) in [4.78, 5) is 15.1. The number of anilines is 1. The van der Waals surface area contributed by atoms with E-state index in [1.165, 1.54) is 25.7 Å². The van der Waals surface area contributed by atoms with Crippen LogP contribution in [0.5, 0.6) is 0 Å². The van der Waals surface area contributed by atoms with Crippen LogP contribution in [0.1, 0.15) is 56.8 Å². The lowest BCUT2D eigenvalue weighted by Gasteiger charge is -2.28. The van der Waals surface area contributed by atoms with Gasteiger partial charge in [0.1, 0.15) is 6.61 Å². The first-order valence-electron chi connectivity index (χ1n) is 9.76. The summed E-state index contributed by atoms with van der Waals surface area (Å²) < 4.78 is 5.66. The lowest BCUT2D eigenvalue weighted by molar-refractivity contribution is 0.0369. The molecule has 0 aliphatic heterocycles. The van der Waals surface area contributed by atoms with Crippen LogP contribution in [0.4, 0.5) is 5.69 Å². The molecule has 2 rings (SSSR count). The number of halogens is 1. The molecule has 0 aliphatic carbocycles. The monoisotopic (exact) mass is 392 g/mol. The van der Waals surface area contributed by atoms with Crippen LogP contribution in [0.2, 0.25) is 0 Å². The molecule has 4 nitrogen and oxygen atoms in total. The van der Waals surface area contributed by atoms with Crippen molar-refractivity contribution in [1.82, 2.24) is 4.90 Å². The van der Waals surface area contributed by atoms with E-state index in [0.717, 1.165) is 23.9 Å². The number of nitrogens with two attached hydrogens (primary N) is 1. The Morgan fingerprint density at radius 2 is 1.63 bits per heavy atom. The molecular weight excluding hydrogens is 360 g/mol. The fourth-order valence-corrected chi connectivity index (χ4v) is 3.15. The number of ether oxygens (including phenoxy) is 1. The number of carbonyl (C=O) groups excluding carboxylic acids is 1. The molecule has 0 radical (unpaired) electrons. The van der Waals surface area contributed by atoms with E-state index in [9.17, 15) is 4.79 Å². The molecule has 2 aromatic rings. The first-order chi connectivity index (χ1) is 12.6. The minimum absolute atomic E-state index is 0. The quantitative estimate of drug-likeness (QED) is 0.440. The van der Waals surface area contributed by atoms with Gasteiger partial charge < -0.3 is 10.5 Å². The van der Waals surface area contributed by atoms with E-state index in [1.54, 1.807) is 12.1 Å². The fourth-order valence-electron chi connectivity index (χ4n) is 3.15. The highest BCUT2D eigenvalue weighted by atomic mass is 35.5. The Kier molecular flexibility index (Phi) is 10.2. The number of nitrogen functional groups attached to an aromatic ring is 1. The van der Waals surface area contributed by atoms with Gasteiger partial charge in [0.05, 0.1) is 5.56 Å². The van der Waals surface area contributed by atoms with Gasteiger partial charge in [-0.25, -0.2) is 4.79 Å². The van der Waals surface area contributed by atoms with Crippen LogP contribution in [0.3, 0.4) is 0 Å². The summed E-state index contributed by atoms with van der Waals surface area (Å²) in [6, 6.07) is 11.4. The minimum Gasteiger partial charge on any atom is -0.460 e. The first kappa shape index (κ1) is 23.3. The van der Waals surface area contributed by atoms with Gasteiger partial charge in [-0.05, 0) is 50.4 Å². The van der Waals surface area contributed by atoms with Crippen LogP contribution >= 0.6 is 12.4 Å². The molecule has 1 unspecified atom stereocenters. The Balaban J connectivity index is 0.00000364. The number of benzene rings is 2. The number of fused-ring (bicyclic) bond motifs is 1. The van der Waals surface area contributed by atoms with Crippen molar-refractivity contribution in [1.29, 1.82) is 0 Å². The van der Waals surface area contributed by atoms with Crippen LogP contribution in [0, 0.1) is 0 Å². The Morgan fingerprint density at radius 1 is 1.04 bits per heavy atom. The van der Waals surface area contributed by atoms with Crippen LogP contribution < -0.4 is 5.73 Å². The van der Waals surface area contributed by atoms with Gasteiger partial charge in [-0.2, -0.15) is 0 Å². The highest BCUT2D eigenvalue weighted by Gasteiger charge is 2.17. The van der Waals surface area contributed by atoms with Gasteiger partial charge in [-0.15, -0.1) is 12.4 Å². The van der Waals surface area contributed by atoms with Gasteiger partial charge in [0.2, 0.25) is 0 Å². The Bertz CT molecular complexity index is 713. The zero-order valence-electron chi connectivity index (χ0n) is 16.7. The van der Waals surface area contributed by atoms with Gasteiger partial charge >= 0.3 is 5.97 Å². The molecule has 0 bridgehead atoms. The fraction of sp³-hybridized carbons (Fsp3) is 0.500. The molecule has 1 atom stereocenters. The molecule has 27 heavy (non-hydrogen) atoms. The number of rotatable bonds is 10. The van der Waals surface area contributed by atoms with E-state index >= 15 is 0 Å². The third-order valence-electron chi connectivity index (χ3n) is 4.85. The molecule has 5 heteroatoms. The predicted molar refractivity (Wildman–Crippen MR) is 117 cm³/mol. The third kappa shape index (κ3) is 6.40. The average molecular weight is 393 g/mol. The van der Waals surface area contributed by atoms with Crippen molar-refractivity contribution in [3.05, 3.63) is 42.0 Å². The second-order valence-electron chi connectivity index (χ2n) is 6.94. The number of hydrogen-bond acceptors (Lipinski definition) is 4. The van der Waals surface area contributed by atoms with Crippen molar-refractivity contribution in [2.45, 2.75) is 52.5 Å². The van der Waals surface area contributed by atoms with E-state index in [2.05, 4.69) is 25.7 Å². The maximum absolute atomic E-state index is 12.6. The topological polar surface area (TPSA) is 55.6 Å². The van der Waals surface area contributed by atoms with E-state index < -0.39 is 0 Å². The largest absolute Gasteiger partial charge is 0.460 e. The van der Waals surface area contributed by atoms with Gasteiger partial charge in [-0.1, -0.05) is 51.0 Å². The highest BCUT2D eigenvalue weighted by Crippen LogP contribution is 2.25. The number of esters is 1. The summed E-state index contributed by atoms with van der Waals surface area (Å²) >= 11 is 0. The normalized spacial score (nSPS) is 12.0.